The van der Waals surface area contributed by atoms with Crippen LogP contribution >= 0.6 is 0 Å². The second kappa shape index (κ2) is 5.49. The van der Waals surface area contributed by atoms with Crippen molar-refractivity contribution in [3.8, 4) is 0 Å². The molecule has 2 fully saturated rings. The Balaban J connectivity index is 1.92. The Bertz CT molecular complexity index is 358. The van der Waals surface area contributed by atoms with Crippen LogP contribution in [0, 0.1) is 11.3 Å². The van der Waals surface area contributed by atoms with Gasteiger partial charge in [-0.2, -0.15) is 0 Å². The minimum absolute atomic E-state index is 0.00551. The molecule has 0 spiro atoms. The van der Waals surface area contributed by atoms with Gasteiger partial charge >= 0.3 is 0 Å². The Morgan fingerprint density at radius 2 is 1.95 bits per heavy atom. The molecule has 2 atom stereocenters. The second-order valence-electron chi connectivity index (χ2n) is 6.22. The molecular weight excluding hydrogens is 242 g/mol. The number of rotatable bonds is 5. The van der Waals surface area contributed by atoms with Crippen LogP contribution in [0.4, 0.5) is 0 Å². The topological polar surface area (TPSA) is 70.2 Å². The zero-order valence-electron chi connectivity index (χ0n) is 12.1. The van der Waals surface area contributed by atoms with Gasteiger partial charge in [0, 0.05) is 12.6 Å². The maximum atomic E-state index is 12.5. The summed E-state index contributed by atoms with van der Waals surface area (Å²) in [6.45, 7) is 7.47. The lowest BCUT2D eigenvalue weighted by atomic mass is 9.75. The van der Waals surface area contributed by atoms with Gasteiger partial charge in [0.25, 0.3) is 0 Å². The summed E-state index contributed by atoms with van der Waals surface area (Å²) in [5, 5.41) is 9.07. The van der Waals surface area contributed by atoms with E-state index in [2.05, 4.69) is 29.8 Å². The predicted octanol–water partition coefficient (Wildman–Crippen LogP) is 0.405. The van der Waals surface area contributed by atoms with Gasteiger partial charge in [0.05, 0.1) is 5.41 Å². The highest BCUT2D eigenvalue weighted by molar-refractivity contribution is 5.90. The van der Waals surface area contributed by atoms with E-state index in [4.69, 9.17) is 0 Å². The summed E-state index contributed by atoms with van der Waals surface area (Å²) in [7, 11) is 0. The molecule has 2 aliphatic rings. The number of hydrogen-bond donors (Lipinski definition) is 3. The summed E-state index contributed by atoms with van der Waals surface area (Å²) in [6.07, 6.45) is 2.96. The van der Waals surface area contributed by atoms with Crippen molar-refractivity contribution in [1.29, 1.82) is 0 Å². The lowest BCUT2D eigenvalue weighted by molar-refractivity contribution is -0.136. The Kier molecular flexibility index (Phi) is 4.13. The zero-order chi connectivity index (χ0) is 14.0. The van der Waals surface area contributed by atoms with Crippen molar-refractivity contribution in [1.82, 2.24) is 16.0 Å². The molecule has 1 aliphatic heterocycles. The van der Waals surface area contributed by atoms with Gasteiger partial charge in [-0.15, -0.1) is 0 Å². The quantitative estimate of drug-likeness (QED) is 0.675. The van der Waals surface area contributed by atoms with E-state index in [1.54, 1.807) is 6.92 Å². The lowest BCUT2D eigenvalue weighted by Crippen LogP contribution is -2.53. The lowest BCUT2D eigenvalue weighted by Gasteiger charge is -2.32. The average molecular weight is 267 g/mol. The molecule has 1 heterocycles. The van der Waals surface area contributed by atoms with Crippen molar-refractivity contribution in [3.63, 3.8) is 0 Å². The Labute approximate surface area is 114 Å². The monoisotopic (exact) mass is 267 g/mol. The van der Waals surface area contributed by atoms with E-state index in [9.17, 15) is 9.59 Å². The van der Waals surface area contributed by atoms with Gasteiger partial charge in [-0.25, -0.2) is 0 Å². The molecule has 5 nitrogen and oxygen atoms in total. The van der Waals surface area contributed by atoms with Crippen LogP contribution < -0.4 is 16.0 Å². The van der Waals surface area contributed by atoms with Gasteiger partial charge in [0.2, 0.25) is 11.8 Å². The van der Waals surface area contributed by atoms with Crippen molar-refractivity contribution in [3.05, 3.63) is 0 Å². The van der Waals surface area contributed by atoms with E-state index in [0.717, 1.165) is 25.8 Å². The Morgan fingerprint density at radius 3 is 2.42 bits per heavy atom. The van der Waals surface area contributed by atoms with Crippen molar-refractivity contribution in [2.75, 3.05) is 13.1 Å². The van der Waals surface area contributed by atoms with Gasteiger partial charge in [-0.05, 0) is 38.6 Å². The van der Waals surface area contributed by atoms with E-state index < -0.39 is 6.04 Å². The molecule has 2 rings (SSSR count). The molecule has 108 valence electrons. The summed E-state index contributed by atoms with van der Waals surface area (Å²) in [4.78, 5) is 24.4. The maximum Gasteiger partial charge on any atom is 0.242 e. The first-order chi connectivity index (χ1) is 8.95. The highest BCUT2D eigenvalue weighted by Crippen LogP contribution is 2.34. The smallest absolute Gasteiger partial charge is 0.242 e. The van der Waals surface area contributed by atoms with Gasteiger partial charge in [-0.3, -0.25) is 9.59 Å². The number of carbonyl (C=O) groups is 2. The predicted molar refractivity (Wildman–Crippen MR) is 73.5 cm³/mol. The molecule has 2 amide bonds. The van der Waals surface area contributed by atoms with Crippen molar-refractivity contribution in [2.45, 2.75) is 52.1 Å². The highest BCUT2D eigenvalue weighted by Gasteiger charge is 2.44. The first kappa shape index (κ1) is 14.3. The van der Waals surface area contributed by atoms with E-state index in [1.807, 2.05) is 0 Å². The molecule has 2 unspecified atom stereocenters. The Morgan fingerprint density at radius 1 is 1.26 bits per heavy atom. The summed E-state index contributed by atoms with van der Waals surface area (Å²) in [6, 6.07) is -0.122. The van der Waals surface area contributed by atoms with E-state index in [1.165, 1.54) is 0 Å². The average Bonchev–Trinajstić information content (AvgIpc) is 3.01. The van der Waals surface area contributed by atoms with Crippen LogP contribution in [0.5, 0.6) is 0 Å². The number of hydrogen-bond acceptors (Lipinski definition) is 3. The molecule has 1 aliphatic carbocycles. The van der Waals surface area contributed by atoms with E-state index in [0.29, 0.717) is 12.6 Å². The van der Waals surface area contributed by atoms with Crippen LogP contribution in [-0.4, -0.2) is 37.0 Å². The molecular formula is C14H25N3O2. The second-order valence-corrected chi connectivity index (χ2v) is 6.22. The number of amides is 2. The van der Waals surface area contributed by atoms with Crippen LogP contribution in [0.15, 0.2) is 0 Å². The largest absolute Gasteiger partial charge is 0.352 e. The summed E-state index contributed by atoms with van der Waals surface area (Å²) in [5.74, 6) is 0.202. The van der Waals surface area contributed by atoms with E-state index >= 15 is 0 Å². The SMILES string of the molecule is CC(NC(=O)C1(C(C)C)CCNC1)C(=O)NC1CC1. The molecule has 19 heavy (non-hydrogen) atoms. The normalized spacial score (nSPS) is 28.2. The first-order valence-corrected chi connectivity index (χ1v) is 7.28. The van der Waals surface area contributed by atoms with Crippen molar-refractivity contribution < 1.29 is 9.59 Å². The van der Waals surface area contributed by atoms with Crippen molar-refractivity contribution in [2.24, 2.45) is 11.3 Å². The molecule has 0 aromatic rings. The summed E-state index contributed by atoms with van der Waals surface area (Å²) >= 11 is 0. The summed E-state index contributed by atoms with van der Waals surface area (Å²) in [5.41, 5.74) is -0.367. The fourth-order valence-electron chi connectivity index (χ4n) is 2.62. The molecule has 0 aromatic heterocycles. The standard InChI is InChI=1S/C14H25N3O2/c1-9(2)14(6-7-15-8-14)13(19)16-10(3)12(18)17-11-4-5-11/h9-11,15H,4-8H2,1-3H3,(H,16,19)(H,17,18). The first-order valence-electron chi connectivity index (χ1n) is 7.28. The molecule has 1 saturated heterocycles. The van der Waals surface area contributed by atoms with Crippen LogP contribution in [0.3, 0.4) is 0 Å². The minimum Gasteiger partial charge on any atom is -0.352 e. The summed E-state index contributed by atoms with van der Waals surface area (Å²) < 4.78 is 0. The van der Waals surface area contributed by atoms with Gasteiger partial charge in [0.1, 0.15) is 6.04 Å². The fraction of sp³-hybridized carbons (Fsp3) is 0.857. The maximum absolute atomic E-state index is 12.5. The van der Waals surface area contributed by atoms with Gasteiger partial charge in [-0.1, -0.05) is 13.8 Å². The van der Waals surface area contributed by atoms with Crippen molar-refractivity contribution >= 4 is 11.8 Å². The molecule has 1 saturated carbocycles. The Hall–Kier alpha value is -1.10. The molecule has 3 N–H and O–H groups in total. The third-order valence-corrected chi connectivity index (χ3v) is 4.41. The number of nitrogens with one attached hydrogen (secondary N) is 3. The highest BCUT2D eigenvalue weighted by atomic mass is 16.2. The third kappa shape index (κ3) is 3.08. The van der Waals surface area contributed by atoms with Crippen LogP contribution in [0.2, 0.25) is 0 Å². The zero-order valence-corrected chi connectivity index (χ0v) is 12.1. The molecule has 5 heteroatoms. The number of carbonyl (C=O) groups excluding carboxylic acids is 2. The minimum atomic E-state index is -0.454. The van der Waals surface area contributed by atoms with Crippen LogP contribution in [0.1, 0.15) is 40.0 Å². The van der Waals surface area contributed by atoms with Crippen LogP contribution in [0.25, 0.3) is 0 Å². The van der Waals surface area contributed by atoms with Crippen LogP contribution in [-0.2, 0) is 9.59 Å². The molecule has 0 bridgehead atoms. The third-order valence-electron chi connectivity index (χ3n) is 4.41. The van der Waals surface area contributed by atoms with E-state index in [-0.39, 0.29) is 23.1 Å². The van der Waals surface area contributed by atoms with Gasteiger partial charge < -0.3 is 16.0 Å². The fourth-order valence-corrected chi connectivity index (χ4v) is 2.62. The molecule has 0 radical (unpaired) electrons. The van der Waals surface area contributed by atoms with Gasteiger partial charge in [0.15, 0.2) is 0 Å². The molecule has 0 aromatic carbocycles.